The van der Waals surface area contributed by atoms with Crippen molar-refractivity contribution in [3.63, 3.8) is 0 Å². The summed E-state index contributed by atoms with van der Waals surface area (Å²) in [6.45, 7) is 1.99. The lowest BCUT2D eigenvalue weighted by atomic mass is 10.2. The van der Waals surface area contributed by atoms with E-state index in [0.29, 0.717) is 0 Å². The topological polar surface area (TPSA) is 58.9 Å². The number of pyridine rings is 1. The Balaban J connectivity index is 2.22. The number of hydrogen-bond donors (Lipinski definition) is 1. The van der Waals surface area contributed by atoms with E-state index in [2.05, 4.69) is 15.2 Å². The Morgan fingerprint density at radius 3 is 3.00 bits per heavy atom. The van der Waals surface area contributed by atoms with Gasteiger partial charge in [0.05, 0.1) is 6.61 Å². The minimum Gasteiger partial charge on any atom is -0.392 e. The van der Waals surface area contributed by atoms with Crippen LogP contribution in [0.3, 0.4) is 0 Å². The van der Waals surface area contributed by atoms with Gasteiger partial charge in [0.2, 0.25) is 0 Å². The fourth-order valence-electron chi connectivity index (χ4n) is 1.10. The predicted octanol–water partition coefficient (Wildman–Crippen LogP) is 1.89. The lowest BCUT2D eigenvalue weighted by Crippen LogP contribution is -1.90. The summed E-state index contributed by atoms with van der Waals surface area (Å²) in [6, 6.07) is 1.93. The van der Waals surface area contributed by atoms with Crippen molar-refractivity contribution in [3.8, 4) is 0 Å². The summed E-state index contributed by atoms with van der Waals surface area (Å²) in [6.07, 6.45) is 1.68. The zero-order chi connectivity index (χ0) is 10.7. The van der Waals surface area contributed by atoms with Crippen LogP contribution in [0.2, 0.25) is 0 Å². The third-order valence-electron chi connectivity index (χ3n) is 1.79. The summed E-state index contributed by atoms with van der Waals surface area (Å²) in [5.74, 6) is 0. The molecule has 0 spiro atoms. The van der Waals surface area contributed by atoms with Crippen molar-refractivity contribution in [3.05, 3.63) is 28.9 Å². The van der Waals surface area contributed by atoms with Crippen molar-refractivity contribution in [1.82, 2.24) is 15.2 Å². The van der Waals surface area contributed by atoms with Gasteiger partial charge in [0, 0.05) is 6.20 Å². The molecular formula is C9H9N3OS2. The van der Waals surface area contributed by atoms with Gasteiger partial charge in [-0.2, -0.15) is 0 Å². The first kappa shape index (κ1) is 10.5. The molecule has 2 rings (SSSR count). The van der Waals surface area contributed by atoms with E-state index in [0.717, 1.165) is 20.5 Å². The molecule has 0 aliphatic heterocycles. The summed E-state index contributed by atoms with van der Waals surface area (Å²) in [4.78, 5) is 4.27. The molecule has 0 saturated heterocycles. The first-order chi connectivity index (χ1) is 7.29. The molecule has 0 aliphatic carbocycles. The predicted molar refractivity (Wildman–Crippen MR) is 58.9 cm³/mol. The van der Waals surface area contributed by atoms with Crippen LogP contribution in [-0.2, 0) is 6.61 Å². The lowest BCUT2D eigenvalue weighted by molar-refractivity contribution is 0.281. The standard InChI is InChI=1S/C9H9N3OS2/c1-6-2-7(4-13)3-10-8(6)15-9-12-11-5-14-9/h2-3,5,13H,4H2,1H3. The van der Waals surface area contributed by atoms with Crippen molar-refractivity contribution in [2.75, 3.05) is 0 Å². The van der Waals surface area contributed by atoms with Crippen molar-refractivity contribution in [2.45, 2.75) is 22.9 Å². The molecule has 0 saturated carbocycles. The average molecular weight is 239 g/mol. The van der Waals surface area contributed by atoms with Gasteiger partial charge < -0.3 is 5.11 Å². The lowest BCUT2D eigenvalue weighted by Gasteiger charge is -2.03. The Morgan fingerprint density at radius 2 is 2.40 bits per heavy atom. The number of aromatic nitrogens is 3. The van der Waals surface area contributed by atoms with Gasteiger partial charge in [-0.25, -0.2) is 4.98 Å². The monoisotopic (exact) mass is 239 g/mol. The maximum Gasteiger partial charge on any atom is 0.180 e. The van der Waals surface area contributed by atoms with E-state index in [1.165, 1.54) is 23.1 Å². The zero-order valence-electron chi connectivity index (χ0n) is 8.04. The minimum atomic E-state index is 0.0254. The van der Waals surface area contributed by atoms with Crippen LogP contribution in [0.5, 0.6) is 0 Å². The number of hydrogen-bond acceptors (Lipinski definition) is 6. The highest BCUT2D eigenvalue weighted by atomic mass is 32.2. The molecule has 78 valence electrons. The SMILES string of the molecule is Cc1cc(CO)cnc1Sc1nncs1. The van der Waals surface area contributed by atoms with Gasteiger partial charge in [-0.15, -0.1) is 10.2 Å². The Bertz CT molecular complexity index is 445. The second kappa shape index (κ2) is 4.69. The summed E-state index contributed by atoms with van der Waals surface area (Å²) in [5.41, 5.74) is 3.57. The van der Waals surface area contributed by atoms with E-state index in [1.807, 2.05) is 13.0 Å². The van der Waals surface area contributed by atoms with Crippen molar-refractivity contribution < 1.29 is 5.11 Å². The van der Waals surface area contributed by atoms with Gasteiger partial charge in [0.1, 0.15) is 10.5 Å². The maximum absolute atomic E-state index is 8.94. The molecule has 0 atom stereocenters. The van der Waals surface area contributed by atoms with Crippen LogP contribution in [0.15, 0.2) is 27.1 Å². The first-order valence-electron chi connectivity index (χ1n) is 4.30. The smallest absolute Gasteiger partial charge is 0.180 e. The molecule has 0 unspecified atom stereocenters. The quantitative estimate of drug-likeness (QED) is 0.886. The largest absolute Gasteiger partial charge is 0.392 e. The molecule has 0 fully saturated rings. The van der Waals surface area contributed by atoms with Crippen molar-refractivity contribution in [2.24, 2.45) is 0 Å². The minimum absolute atomic E-state index is 0.0254. The third kappa shape index (κ3) is 2.53. The number of aliphatic hydroxyl groups excluding tert-OH is 1. The Hall–Kier alpha value is -0.980. The number of aliphatic hydroxyl groups is 1. The number of nitrogens with zero attached hydrogens (tertiary/aromatic N) is 3. The van der Waals surface area contributed by atoms with Crippen molar-refractivity contribution in [1.29, 1.82) is 0 Å². The van der Waals surface area contributed by atoms with E-state index in [-0.39, 0.29) is 6.61 Å². The molecule has 0 aliphatic rings. The number of rotatable bonds is 3. The van der Waals surface area contributed by atoms with Crippen molar-refractivity contribution >= 4 is 23.1 Å². The third-order valence-corrected chi connectivity index (χ3v) is 3.69. The molecule has 0 amide bonds. The fourth-order valence-corrected chi connectivity index (χ4v) is 2.52. The van der Waals surface area contributed by atoms with Crippen LogP contribution in [0.1, 0.15) is 11.1 Å². The zero-order valence-corrected chi connectivity index (χ0v) is 9.68. The normalized spacial score (nSPS) is 10.5. The molecule has 6 heteroatoms. The fraction of sp³-hybridized carbons (Fsp3) is 0.222. The van der Waals surface area contributed by atoms with Crippen LogP contribution in [0, 0.1) is 6.92 Å². The number of aryl methyl sites for hydroxylation is 1. The average Bonchev–Trinajstić information content (AvgIpc) is 2.74. The van der Waals surface area contributed by atoms with E-state index in [4.69, 9.17) is 5.11 Å². The Labute approximate surface area is 95.4 Å². The van der Waals surface area contributed by atoms with Gasteiger partial charge in [-0.3, -0.25) is 0 Å². The van der Waals surface area contributed by atoms with Crippen LogP contribution >= 0.6 is 23.1 Å². The molecule has 0 radical (unpaired) electrons. The van der Waals surface area contributed by atoms with Crippen LogP contribution < -0.4 is 0 Å². The summed E-state index contributed by atoms with van der Waals surface area (Å²) >= 11 is 2.98. The van der Waals surface area contributed by atoms with E-state index in [1.54, 1.807) is 11.7 Å². The van der Waals surface area contributed by atoms with Gasteiger partial charge >= 0.3 is 0 Å². The van der Waals surface area contributed by atoms with E-state index in [9.17, 15) is 0 Å². The summed E-state index contributed by atoms with van der Waals surface area (Å²) in [5, 5.41) is 17.5. The van der Waals surface area contributed by atoms with Crippen LogP contribution in [-0.4, -0.2) is 20.3 Å². The van der Waals surface area contributed by atoms with Gasteiger partial charge in [0.25, 0.3) is 0 Å². The van der Waals surface area contributed by atoms with E-state index >= 15 is 0 Å². The second-order valence-corrected chi connectivity index (χ2v) is 5.00. The van der Waals surface area contributed by atoms with E-state index < -0.39 is 0 Å². The Morgan fingerprint density at radius 1 is 1.53 bits per heavy atom. The Kier molecular flexibility index (Phi) is 3.30. The molecule has 2 heterocycles. The summed E-state index contributed by atoms with van der Waals surface area (Å²) in [7, 11) is 0. The van der Waals surface area contributed by atoms with Crippen LogP contribution in [0.25, 0.3) is 0 Å². The van der Waals surface area contributed by atoms with Gasteiger partial charge in [0.15, 0.2) is 4.34 Å². The second-order valence-electron chi connectivity index (χ2n) is 2.93. The molecule has 0 bridgehead atoms. The molecule has 2 aromatic rings. The highest BCUT2D eigenvalue weighted by Crippen LogP contribution is 2.29. The molecular weight excluding hydrogens is 230 g/mol. The maximum atomic E-state index is 8.94. The highest BCUT2D eigenvalue weighted by Gasteiger charge is 2.06. The molecule has 4 nitrogen and oxygen atoms in total. The molecule has 1 N–H and O–H groups in total. The molecule has 0 aromatic carbocycles. The van der Waals surface area contributed by atoms with Gasteiger partial charge in [-0.05, 0) is 35.9 Å². The molecule has 15 heavy (non-hydrogen) atoms. The summed E-state index contributed by atoms with van der Waals surface area (Å²) < 4.78 is 0.877. The first-order valence-corrected chi connectivity index (χ1v) is 5.99. The highest BCUT2D eigenvalue weighted by molar-refractivity contribution is 8.01. The van der Waals surface area contributed by atoms with Gasteiger partial charge in [-0.1, -0.05) is 11.3 Å². The van der Waals surface area contributed by atoms with Crippen LogP contribution in [0.4, 0.5) is 0 Å². The molecule has 2 aromatic heterocycles.